The molecule has 1 heterocycles. The van der Waals surface area contributed by atoms with E-state index in [0.29, 0.717) is 0 Å². The van der Waals surface area contributed by atoms with Crippen LogP contribution in [0.5, 0.6) is 5.75 Å². The number of hydrogen-bond donors (Lipinski definition) is 0. The van der Waals surface area contributed by atoms with E-state index in [0.717, 1.165) is 38.8 Å². The van der Waals surface area contributed by atoms with Crippen LogP contribution in [-0.4, -0.2) is 7.11 Å². The molecule has 0 N–H and O–H groups in total. The molecule has 0 fully saturated rings. The Morgan fingerprint density at radius 3 is 2.48 bits per heavy atom. The van der Waals surface area contributed by atoms with Crippen molar-refractivity contribution < 1.29 is 9.15 Å². The number of furan rings is 1. The van der Waals surface area contributed by atoms with Crippen LogP contribution in [0.2, 0.25) is 0 Å². The summed E-state index contributed by atoms with van der Waals surface area (Å²) in [7, 11) is 1.71. The summed E-state index contributed by atoms with van der Waals surface area (Å²) in [5, 5.41) is 2.26. The van der Waals surface area contributed by atoms with Crippen LogP contribution < -0.4 is 4.74 Å². The molecule has 4 rings (SSSR count). The van der Waals surface area contributed by atoms with Gasteiger partial charge in [0.2, 0.25) is 0 Å². The molecular formula is C21H18O2. The molecule has 1 aromatic heterocycles. The van der Waals surface area contributed by atoms with Crippen molar-refractivity contribution in [1.82, 2.24) is 0 Å². The lowest BCUT2D eigenvalue weighted by molar-refractivity contribution is 0.416. The molecule has 0 amide bonds. The molecule has 0 saturated carbocycles. The molecule has 4 aromatic rings. The molecule has 3 aromatic carbocycles. The van der Waals surface area contributed by atoms with Crippen LogP contribution >= 0.6 is 0 Å². The smallest absolute Gasteiger partial charge is 0.146 e. The number of ether oxygens (including phenoxy) is 1. The maximum atomic E-state index is 6.20. The highest BCUT2D eigenvalue weighted by atomic mass is 16.5. The molecule has 0 saturated heterocycles. The van der Waals surface area contributed by atoms with Crippen molar-refractivity contribution in [2.45, 2.75) is 13.8 Å². The van der Waals surface area contributed by atoms with Crippen LogP contribution in [0, 0.1) is 13.8 Å². The summed E-state index contributed by atoms with van der Waals surface area (Å²) in [5.41, 5.74) is 6.49. The van der Waals surface area contributed by atoms with E-state index >= 15 is 0 Å². The van der Waals surface area contributed by atoms with Gasteiger partial charge in [0, 0.05) is 10.8 Å². The predicted molar refractivity (Wildman–Crippen MR) is 95.2 cm³/mol. The zero-order valence-electron chi connectivity index (χ0n) is 13.5. The highest BCUT2D eigenvalue weighted by Gasteiger charge is 2.18. The number of rotatable bonds is 2. The molecule has 0 bridgehead atoms. The number of aryl methyl sites for hydroxylation is 1. The van der Waals surface area contributed by atoms with Gasteiger partial charge in [0.25, 0.3) is 0 Å². The van der Waals surface area contributed by atoms with Crippen LogP contribution in [0.4, 0.5) is 0 Å². The first-order valence-corrected chi connectivity index (χ1v) is 7.75. The lowest BCUT2D eigenvalue weighted by Gasteiger charge is -2.13. The van der Waals surface area contributed by atoms with Gasteiger partial charge in [0.1, 0.15) is 16.9 Å². The summed E-state index contributed by atoms with van der Waals surface area (Å²) < 4.78 is 11.8. The second-order valence-corrected chi connectivity index (χ2v) is 5.87. The first-order valence-electron chi connectivity index (χ1n) is 7.75. The number of hydrogen-bond acceptors (Lipinski definition) is 2. The molecule has 0 radical (unpaired) electrons. The molecule has 0 aliphatic rings. The van der Waals surface area contributed by atoms with Gasteiger partial charge in [0.05, 0.1) is 12.7 Å². The van der Waals surface area contributed by atoms with Crippen LogP contribution in [0.15, 0.2) is 59.0 Å². The molecule has 114 valence electrons. The van der Waals surface area contributed by atoms with Crippen molar-refractivity contribution in [3.05, 3.63) is 65.7 Å². The molecule has 2 nitrogen and oxygen atoms in total. The number of fused-ring (bicyclic) bond motifs is 3. The first kappa shape index (κ1) is 13.9. The summed E-state index contributed by atoms with van der Waals surface area (Å²) in [6.07, 6.45) is 0. The fourth-order valence-electron chi connectivity index (χ4n) is 3.22. The van der Waals surface area contributed by atoms with E-state index in [1.165, 1.54) is 11.1 Å². The third-order valence-electron chi connectivity index (χ3n) is 4.60. The van der Waals surface area contributed by atoms with E-state index in [2.05, 4.69) is 44.2 Å². The van der Waals surface area contributed by atoms with Gasteiger partial charge in [-0.2, -0.15) is 0 Å². The number of para-hydroxylation sites is 1. The van der Waals surface area contributed by atoms with Crippen molar-refractivity contribution in [1.29, 1.82) is 0 Å². The van der Waals surface area contributed by atoms with Gasteiger partial charge in [0.15, 0.2) is 0 Å². The Bertz CT molecular complexity index is 1020. The summed E-state index contributed by atoms with van der Waals surface area (Å²) in [5.74, 6) is 0.838. The number of methoxy groups -OCH3 is 1. The topological polar surface area (TPSA) is 22.4 Å². The third-order valence-corrected chi connectivity index (χ3v) is 4.60. The molecule has 0 aliphatic heterocycles. The van der Waals surface area contributed by atoms with E-state index in [9.17, 15) is 0 Å². The first-order chi connectivity index (χ1) is 11.2. The quantitative estimate of drug-likeness (QED) is 0.461. The number of benzene rings is 3. The largest absolute Gasteiger partial charge is 0.496 e. The van der Waals surface area contributed by atoms with Crippen molar-refractivity contribution in [3.8, 4) is 16.9 Å². The zero-order chi connectivity index (χ0) is 16.0. The van der Waals surface area contributed by atoms with Gasteiger partial charge in [-0.15, -0.1) is 0 Å². The van der Waals surface area contributed by atoms with Crippen LogP contribution in [0.1, 0.15) is 11.1 Å². The van der Waals surface area contributed by atoms with Crippen LogP contribution in [0.3, 0.4) is 0 Å². The van der Waals surface area contributed by atoms with E-state index in [4.69, 9.17) is 9.15 Å². The van der Waals surface area contributed by atoms with Crippen molar-refractivity contribution in [2.24, 2.45) is 0 Å². The molecule has 2 heteroatoms. The zero-order valence-corrected chi connectivity index (χ0v) is 13.5. The predicted octanol–water partition coefficient (Wildman–Crippen LogP) is 5.88. The van der Waals surface area contributed by atoms with Gasteiger partial charge in [-0.3, -0.25) is 0 Å². The average Bonchev–Trinajstić information content (AvgIpc) is 2.95. The molecular weight excluding hydrogens is 284 g/mol. The Morgan fingerprint density at radius 2 is 1.65 bits per heavy atom. The van der Waals surface area contributed by atoms with Gasteiger partial charge < -0.3 is 9.15 Å². The molecule has 0 unspecified atom stereocenters. The summed E-state index contributed by atoms with van der Waals surface area (Å²) in [6, 6.07) is 18.6. The van der Waals surface area contributed by atoms with Gasteiger partial charge in [-0.05, 0) is 48.7 Å². The van der Waals surface area contributed by atoms with Crippen molar-refractivity contribution in [3.63, 3.8) is 0 Å². The molecule has 0 aliphatic carbocycles. The molecule has 0 atom stereocenters. The minimum atomic E-state index is 0.838. The highest BCUT2D eigenvalue weighted by molar-refractivity contribution is 6.11. The lowest BCUT2D eigenvalue weighted by Crippen LogP contribution is -1.92. The van der Waals surface area contributed by atoms with E-state index < -0.39 is 0 Å². The Labute approximate surface area is 135 Å². The van der Waals surface area contributed by atoms with Gasteiger partial charge >= 0.3 is 0 Å². The van der Waals surface area contributed by atoms with E-state index in [-0.39, 0.29) is 0 Å². The molecule has 0 spiro atoms. The highest BCUT2D eigenvalue weighted by Crippen LogP contribution is 2.42. The van der Waals surface area contributed by atoms with Crippen LogP contribution in [-0.2, 0) is 0 Å². The second kappa shape index (κ2) is 5.17. The third kappa shape index (κ3) is 2.02. The molecule has 23 heavy (non-hydrogen) atoms. The lowest BCUT2D eigenvalue weighted by atomic mass is 9.95. The Morgan fingerprint density at radius 1 is 0.826 bits per heavy atom. The van der Waals surface area contributed by atoms with Crippen molar-refractivity contribution in [2.75, 3.05) is 7.11 Å². The fourth-order valence-corrected chi connectivity index (χ4v) is 3.22. The van der Waals surface area contributed by atoms with Gasteiger partial charge in [-0.1, -0.05) is 36.4 Å². The van der Waals surface area contributed by atoms with Gasteiger partial charge in [-0.25, -0.2) is 0 Å². The standard InChI is InChI=1S/C21H18O2/c1-13-7-6-9-15(14(13)2)20-19(22-3)12-11-17-16-8-4-5-10-18(16)23-21(17)20/h4-12H,1-3H3. The second-order valence-electron chi connectivity index (χ2n) is 5.87. The summed E-state index contributed by atoms with van der Waals surface area (Å²) in [4.78, 5) is 0. The minimum Gasteiger partial charge on any atom is -0.496 e. The maximum absolute atomic E-state index is 6.20. The van der Waals surface area contributed by atoms with E-state index in [1.807, 2.05) is 24.3 Å². The monoisotopic (exact) mass is 302 g/mol. The van der Waals surface area contributed by atoms with E-state index in [1.54, 1.807) is 7.11 Å². The van der Waals surface area contributed by atoms with Crippen molar-refractivity contribution >= 4 is 21.9 Å². The Balaban J connectivity index is 2.17. The maximum Gasteiger partial charge on any atom is 0.146 e. The summed E-state index contributed by atoms with van der Waals surface area (Å²) >= 11 is 0. The normalized spacial score (nSPS) is 11.3. The van der Waals surface area contributed by atoms with Crippen LogP contribution in [0.25, 0.3) is 33.1 Å². The Kier molecular flexibility index (Phi) is 3.12. The Hall–Kier alpha value is -2.74. The fraction of sp³-hybridized carbons (Fsp3) is 0.143. The summed E-state index contributed by atoms with van der Waals surface area (Å²) in [6.45, 7) is 4.27. The average molecular weight is 302 g/mol. The SMILES string of the molecule is COc1ccc2c(oc3ccccc32)c1-c1cccc(C)c1C. The minimum absolute atomic E-state index is 0.838.